The van der Waals surface area contributed by atoms with E-state index >= 15 is 0 Å². The average molecular weight is 477 g/mol. The van der Waals surface area contributed by atoms with Crippen molar-refractivity contribution in [3.05, 3.63) is 69.8 Å². The Kier molecular flexibility index (Phi) is 8.52. The van der Waals surface area contributed by atoms with Gasteiger partial charge in [0.1, 0.15) is 12.6 Å². The van der Waals surface area contributed by atoms with Crippen LogP contribution >= 0.6 is 0 Å². The maximum Gasteiger partial charge on any atom is 0.271 e. The minimum absolute atomic E-state index is 0.0128. The summed E-state index contributed by atoms with van der Waals surface area (Å²) >= 11 is 0. The van der Waals surface area contributed by atoms with E-state index in [1.54, 1.807) is 13.8 Å². The Morgan fingerprint density at radius 1 is 1.15 bits per heavy atom. The molecule has 2 aromatic rings. The van der Waals surface area contributed by atoms with Crippen molar-refractivity contribution in [1.29, 1.82) is 0 Å². The fourth-order valence-electron chi connectivity index (χ4n) is 3.29. The van der Waals surface area contributed by atoms with E-state index in [2.05, 4.69) is 5.32 Å². The fourth-order valence-corrected chi connectivity index (χ4v) is 4.13. The fraction of sp³-hybridized carbons (Fsp3) is 0.364. The average Bonchev–Trinajstić information content (AvgIpc) is 2.74. The molecular formula is C22H28N4O6S. The van der Waals surface area contributed by atoms with Gasteiger partial charge in [-0.05, 0) is 32.4 Å². The molecule has 0 aliphatic heterocycles. The van der Waals surface area contributed by atoms with Gasteiger partial charge in [0, 0.05) is 25.2 Å². The van der Waals surface area contributed by atoms with E-state index in [-0.39, 0.29) is 23.8 Å². The van der Waals surface area contributed by atoms with Gasteiger partial charge >= 0.3 is 0 Å². The lowest BCUT2D eigenvalue weighted by Gasteiger charge is -2.31. The molecule has 0 bridgehead atoms. The Balaban J connectivity index is 2.42. The standard InChI is InChI=1S/C22H28N4O6S/c1-5-23-22(28)17(3)24(14-18-9-6-8-16(2)12-18)21(27)15-25(33(4,31)32)19-10-7-11-20(13-19)26(29)30/h6-13,17H,5,14-15H2,1-4H3,(H,23,28)/t17-/m1/s1. The molecule has 2 aromatic carbocycles. The molecule has 0 aliphatic rings. The predicted molar refractivity (Wildman–Crippen MR) is 125 cm³/mol. The van der Waals surface area contributed by atoms with Crippen LogP contribution in [0.4, 0.5) is 11.4 Å². The molecule has 2 rings (SSSR count). The van der Waals surface area contributed by atoms with Crippen molar-refractivity contribution in [2.75, 3.05) is 23.7 Å². The second-order valence-electron chi connectivity index (χ2n) is 7.63. The molecule has 1 N–H and O–H groups in total. The van der Waals surface area contributed by atoms with E-state index in [1.165, 1.54) is 23.1 Å². The number of sulfonamides is 1. The van der Waals surface area contributed by atoms with Gasteiger partial charge in [0.15, 0.2) is 0 Å². The zero-order valence-corrected chi connectivity index (χ0v) is 19.8. The number of rotatable bonds is 10. The molecule has 0 saturated heterocycles. The Bertz CT molecular complexity index is 1140. The van der Waals surface area contributed by atoms with Crippen molar-refractivity contribution in [1.82, 2.24) is 10.2 Å². The Morgan fingerprint density at radius 2 is 1.82 bits per heavy atom. The molecule has 0 radical (unpaired) electrons. The van der Waals surface area contributed by atoms with Crippen molar-refractivity contribution in [3.63, 3.8) is 0 Å². The lowest BCUT2D eigenvalue weighted by molar-refractivity contribution is -0.384. The van der Waals surface area contributed by atoms with Gasteiger partial charge in [0.05, 0.1) is 16.9 Å². The van der Waals surface area contributed by atoms with Crippen LogP contribution in [0.3, 0.4) is 0 Å². The number of amides is 2. The Hall–Kier alpha value is -3.47. The Morgan fingerprint density at radius 3 is 2.39 bits per heavy atom. The first-order chi connectivity index (χ1) is 15.4. The molecule has 0 saturated carbocycles. The largest absolute Gasteiger partial charge is 0.355 e. The van der Waals surface area contributed by atoms with E-state index in [4.69, 9.17) is 0 Å². The van der Waals surface area contributed by atoms with E-state index in [0.717, 1.165) is 27.8 Å². The van der Waals surface area contributed by atoms with Crippen LogP contribution in [0.2, 0.25) is 0 Å². The molecule has 0 aliphatic carbocycles. The molecule has 10 nitrogen and oxygen atoms in total. The van der Waals surface area contributed by atoms with Crippen LogP contribution < -0.4 is 9.62 Å². The summed E-state index contributed by atoms with van der Waals surface area (Å²) in [7, 11) is -3.96. The normalized spacial score (nSPS) is 12.0. The van der Waals surface area contributed by atoms with Crippen LogP contribution in [-0.2, 0) is 26.2 Å². The molecule has 33 heavy (non-hydrogen) atoms. The summed E-state index contributed by atoms with van der Waals surface area (Å²) in [6.07, 6.45) is 0.914. The number of benzene rings is 2. The van der Waals surface area contributed by atoms with Crippen LogP contribution in [0.1, 0.15) is 25.0 Å². The number of aryl methyl sites for hydroxylation is 1. The minimum atomic E-state index is -3.96. The maximum absolute atomic E-state index is 13.3. The lowest BCUT2D eigenvalue weighted by atomic mass is 10.1. The molecule has 0 heterocycles. The summed E-state index contributed by atoms with van der Waals surface area (Å²) in [5.74, 6) is -0.994. The third kappa shape index (κ3) is 7.01. The number of hydrogen-bond acceptors (Lipinski definition) is 6. The van der Waals surface area contributed by atoms with E-state index < -0.39 is 33.4 Å². The third-order valence-electron chi connectivity index (χ3n) is 4.96. The minimum Gasteiger partial charge on any atom is -0.355 e. The second kappa shape index (κ2) is 10.9. The highest BCUT2D eigenvalue weighted by Crippen LogP contribution is 2.24. The quantitative estimate of drug-likeness (QED) is 0.413. The van der Waals surface area contributed by atoms with E-state index in [0.29, 0.717) is 6.54 Å². The van der Waals surface area contributed by atoms with Gasteiger partial charge in [0.2, 0.25) is 21.8 Å². The molecule has 1 atom stereocenters. The topological polar surface area (TPSA) is 130 Å². The number of non-ortho nitro benzene ring substituents is 1. The highest BCUT2D eigenvalue weighted by atomic mass is 32.2. The van der Waals surface area contributed by atoms with E-state index in [1.807, 2.05) is 31.2 Å². The molecule has 0 unspecified atom stereocenters. The molecular weight excluding hydrogens is 448 g/mol. The van der Waals surface area contributed by atoms with Crippen molar-refractivity contribution in [3.8, 4) is 0 Å². The van der Waals surface area contributed by atoms with Gasteiger partial charge in [-0.2, -0.15) is 0 Å². The second-order valence-corrected chi connectivity index (χ2v) is 9.53. The third-order valence-corrected chi connectivity index (χ3v) is 6.10. The van der Waals surface area contributed by atoms with Crippen LogP contribution in [0.15, 0.2) is 48.5 Å². The van der Waals surface area contributed by atoms with Crippen molar-refractivity contribution in [2.45, 2.75) is 33.4 Å². The van der Waals surface area contributed by atoms with Crippen LogP contribution in [-0.4, -0.2) is 55.4 Å². The molecule has 0 spiro atoms. The van der Waals surface area contributed by atoms with Gasteiger partial charge in [0.25, 0.3) is 5.69 Å². The molecule has 178 valence electrons. The molecule has 2 amide bonds. The highest BCUT2D eigenvalue weighted by molar-refractivity contribution is 7.92. The van der Waals surface area contributed by atoms with Gasteiger partial charge in [-0.15, -0.1) is 0 Å². The molecule has 0 fully saturated rings. The summed E-state index contributed by atoms with van der Waals surface area (Å²) in [6, 6.07) is 11.6. The number of likely N-dealkylation sites (N-methyl/N-ethyl adjacent to an activating group) is 1. The zero-order chi connectivity index (χ0) is 24.8. The number of hydrogen-bond donors (Lipinski definition) is 1. The van der Waals surface area contributed by atoms with Crippen LogP contribution in [0, 0.1) is 17.0 Å². The summed E-state index contributed by atoms with van der Waals surface area (Å²) in [6.45, 7) is 5.07. The smallest absolute Gasteiger partial charge is 0.271 e. The number of nitro groups is 1. The van der Waals surface area contributed by atoms with Gasteiger partial charge < -0.3 is 10.2 Å². The first-order valence-electron chi connectivity index (χ1n) is 10.3. The van der Waals surface area contributed by atoms with Gasteiger partial charge in [-0.3, -0.25) is 24.0 Å². The van der Waals surface area contributed by atoms with Gasteiger partial charge in [-0.1, -0.05) is 35.9 Å². The molecule has 0 aromatic heterocycles. The maximum atomic E-state index is 13.3. The van der Waals surface area contributed by atoms with E-state index in [9.17, 15) is 28.1 Å². The molecule has 11 heteroatoms. The summed E-state index contributed by atoms with van der Waals surface area (Å²) < 4.78 is 25.8. The van der Waals surface area contributed by atoms with Crippen molar-refractivity contribution >= 4 is 33.2 Å². The number of nitrogens with zero attached hydrogens (tertiary/aromatic N) is 3. The van der Waals surface area contributed by atoms with Gasteiger partial charge in [-0.25, -0.2) is 8.42 Å². The van der Waals surface area contributed by atoms with Crippen molar-refractivity contribution in [2.24, 2.45) is 0 Å². The number of nitrogens with one attached hydrogen (secondary N) is 1. The monoisotopic (exact) mass is 476 g/mol. The summed E-state index contributed by atoms with van der Waals surface area (Å²) in [4.78, 5) is 37.6. The first kappa shape index (κ1) is 25.8. The number of anilines is 1. The zero-order valence-electron chi connectivity index (χ0n) is 19.0. The predicted octanol–water partition coefficient (Wildman–Crippen LogP) is 2.22. The Labute approximate surface area is 193 Å². The number of carbonyl (C=O) groups excluding carboxylic acids is 2. The number of carbonyl (C=O) groups is 2. The number of nitro benzene ring substituents is 1. The van der Waals surface area contributed by atoms with Crippen LogP contribution in [0.25, 0.3) is 0 Å². The van der Waals surface area contributed by atoms with Crippen molar-refractivity contribution < 1.29 is 22.9 Å². The summed E-state index contributed by atoms with van der Waals surface area (Å²) in [5, 5.41) is 13.8. The SMILES string of the molecule is CCNC(=O)[C@@H](C)N(Cc1cccc(C)c1)C(=O)CN(c1cccc([N+](=O)[O-])c1)S(C)(=O)=O. The lowest BCUT2D eigenvalue weighted by Crippen LogP contribution is -2.51. The first-order valence-corrected chi connectivity index (χ1v) is 12.1. The summed E-state index contributed by atoms with van der Waals surface area (Å²) in [5.41, 5.74) is 1.43. The van der Waals surface area contributed by atoms with Crippen LogP contribution in [0.5, 0.6) is 0 Å². The highest BCUT2D eigenvalue weighted by Gasteiger charge is 2.30.